The Hall–Kier alpha value is -2.77. The lowest BCUT2D eigenvalue weighted by Gasteiger charge is -2.24. The van der Waals surface area contributed by atoms with Crippen molar-refractivity contribution in [2.45, 2.75) is 26.2 Å². The molecule has 0 saturated heterocycles. The summed E-state index contributed by atoms with van der Waals surface area (Å²) < 4.78 is 10.9. The van der Waals surface area contributed by atoms with E-state index in [0.29, 0.717) is 56.2 Å². The molecule has 1 heterocycles. The minimum absolute atomic E-state index is 0.0714. The van der Waals surface area contributed by atoms with E-state index in [1.165, 1.54) is 4.90 Å². The van der Waals surface area contributed by atoms with Gasteiger partial charge in [0.1, 0.15) is 13.2 Å². The van der Waals surface area contributed by atoms with E-state index in [9.17, 15) is 14.4 Å². The number of nitrogens with zero attached hydrogens (tertiary/aromatic N) is 1. The van der Waals surface area contributed by atoms with Crippen LogP contribution in [-0.4, -0.2) is 54.1 Å². The second kappa shape index (κ2) is 8.28. The van der Waals surface area contributed by atoms with Crippen molar-refractivity contribution in [3.8, 4) is 11.5 Å². The standard InChI is InChI=1S/C19H24N2O6/c1-2-21(18(23)12-3-4-13(9-12)19(24)25)11-17(22)20-14-5-6-15-16(10-14)27-8-7-26-15/h5-6,10,12-13H,2-4,7-9,11H2,1H3,(H,20,22)(H,24,25)/t12-,13+/m1/s1. The molecule has 3 rings (SSSR count). The molecule has 0 spiro atoms. The summed E-state index contributed by atoms with van der Waals surface area (Å²) in [6, 6.07) is 5.15. The Morgan fingerprint density at radius 3 is 2.52 bits per heavy atom. The van der Waals surface area contributed by atoms with Gasteiger partial charge in [-0.3, -0.25) is 14.4 Å². The molecule has 2 aliphatic rings. The van der Waals surface area contributed by atoms with Crippen LogP contribution in [0.4, 0.5) is 5.69 Å². The molecule has 1 fully saturated rings. The van der Waals surface area contributed by atoms with Gasteiger partial charge in [0.2, 0.25) is 11.8 Å². The summed E-state index contributed by atoms with van der Waals surface area (Å²) in [5.74, 6) is -0.901. The van der Waals surface area contributed by atoms with Crippen molar-refractivity contribution < 1.29 is 29.0 Å². The Labute approximate surface area is 157 Å². The molecule has 1 aliphatic heterocycles. The first-order chi connectivity index (χ1) is 13.0. The zero-order valence-corrected chi connectivity index (χ0v) is 15.3. The van der Waals surface area contributed by atoms with Crippen LogP contribution >= 0.6 is 0 Å². The third-order valence-electron chi connectivity index (χ3n) is 4.98. The van der Waals surface area contributed by atoms with Crippen LogP contribution in [0, 0.1) is 11.8 Å². The fourth-order valence-electron chi connectivity index (χ4n) is 3.53. The van der Waals surface area contributed by atoms with E-state index in [1.807, 2.05) is 0 Å². The summed E-state index contributed by atoms with van der Waals surface area (Å²) in [7, 11) is 0. The number of fused-ring (bicyclic) bond motifs is 1. The predicted octanol–water partition coefficient (Wildman–Crippen LogP) is 1.75. The smallest absolute Gasteiger partial charge is 0.306 e. The molecule has 2 amide bonds. The van der Waals surface area contributed by atoms with Crippen LogP contribution in [0.5, 0.6) is 11.5 Å². The van der Waals surface area contributed by atoms with Gasteiger partial charge in [-0.1, -0.05) is 0 Å². The minimum Gasteiger partial charge on any atom is -0.486 e. The fourth-order valence-corrected chi connectivity index (χ4v) is 3.53. The van der Waals surface area contributed by atoms with Crippen LogP contribution in [0.2, 0.25) is 0 Å². The summed E-state index contributed by atoms with van der Waals surface area (Å²) in [6.45, 7) is 3.08. The SMILES string of the molecule is CCN(CC(=O)Nc1ccc2c(c1)OCCO2)C(=O)[C@@H]1CC[C@H](C(=O)O)C1. The van der Waals surface area contributed by atoms with Gasteiger partial charge in [0, 0.05) is 24.2 Å². The van der Waals surface area contributed by atoms with Crippen molar-refractivity contribution in [2.24, 2.45) is 11.8 Å². The van der Waals surface area contributed by atoms with E-state index in [0.717, 1.165) is 0 Å². The first-order valence-electron chi connectivity index (χ1n) is 9.19. The van der Waals surface area contributed by atoms with Gasteiger partial charge in [-0.25, -0.2) is 0 Å². The van der Waals surface area contributed by atoms with Crippen molar-refractivity contribution >= 4 is 23.5 Å². The number of carboxylic acid groups (broad SMARTS) is 1. The molecule has 0 bridgehead atoms. The molecule has 2 N–H and O–H groups in total. The molecule has 1 aliphatic carbocycles. The van der Waals surface area contributed by atoms with Gasteiger partial charge in [0.25, 0.3) is 0 Å². The molecular formula is C19H24N2O6. The number of hydrogen-bond acceptors (Lipinski definition) is 5. The molecule has 0 aromatic heterocycles. The van der Waals surface area contributed by atoms with Gasteiger partial charge in [0.15, 0.2) is 11.5 Å². The molecule has 8 heteroatoms. The number of ether oxygens (including phenoxy) is 2. The summed E-state index contributed by atoms with van der Waals surface area (Å²) in [4.78, 5) is 37.6. The van der Waals surface area contributed by atoms with Crippen molar-refractivity contribution in [2.75, 3.05) is 31.6 Å². The normalized spacial score (nSPS) is 20.8. The van der Waals surface area contributed by atoms with Gasteiger partial charge >= 0.3 is 5.97 Å². The van der Waals surface area contributed by atoms with E-state index < -0.39 is 11.9 Å². The Kier molecular flexibility index (Phi) is 5.83. The molecule has 1 saturated carbocycles. The van der Waals surface area contributed by atoms with Gasteiger partial charge in [-0.05, 0) is 38.3 Å². The highest BCUT2D eigenvalue weighted by atomic mass is 16.6. The molecule has 0 radical (unpaired) electrons. The number of amides is 2. The quantitative estimate of drug-likeness (QED) is 0.784. The highest BCUT2D eigenvalue weighted by Crippen LogP contribution is 2.33. The predicted molar refractivity (Wildman–Crippen MR) is 96.8 cm³/mol. The largest absolute Gasteiger partial charge is 0.486 e. The Morgan fingerprint density at radius 2 is 1.85 bits per heavy atom. The van der Waals surface area contributed by atoms with E-state index in [1.54, 1.807) is 25.1 Å². The van der Waals surface area contributed by atoms with Crippen molar-refractivity contribution in [3.05, 3.63) is 18.2 Å². The third kappa shape index (κ3) is 4.50. The Bertz CT molecular complexity index is 735. The van der Waals surface area contributed by atoms with Crippen molar-refractivity contribution in [1.29, 1.82) is 0 Å². The number of anilines is 1. The number of hydrogen-bond donors (Lipinski definition) is 2. The van der Waals surface area contributed by atoms with Crippen LogP contribution in [0.1, 0.15) is 26.2 Å². The van der Waals surface area contributed by atoms with E-state index in [2.05, 4.69) is 5.32 Å². The number of nitrogens with one attached hydrogen (secondary N) is 1. The van der Waals surface area contributed by atoms with Crippen molar-refractivity contribution in [3.63, 3.8) is 0 Å². The lowest BCUT2D eigenvalue weighted by atomic mass is 10.0. The van der Waals surface area contributed by atoms with Gasteiger partial charge in [-0.15, -0.1) is 0 Å². The highest BCUT2D eigenvalue weighted by Gasteiger charge is 2.36. The van der Waals surface area contributed by atoms with Crippen LogP contribution in [0.15, 0.2) is 18.2 Å². The maximum absolute atomic E-state index is 12.6. The number of carbonyl (C=O) groups is 3. The zero-order chi connectivity index (χ0) is 19.4. The number of carbonyl (C=O) groups excluding carboxylic acids is 2. The van der Waals surface area contributed by atoms with E-state index >= 15 is 0 Å². The van der Waals surface area contributed by atoms with E-state index in [4.69, 9.17) is 14.6 Å². The number of rotatable bonds is 6. The topological polar surface area (TPSA) is 105 Å². The van der Waals surface area contributed by atoms with Gasteiger partial charge in [-0.2, -0.15) is 0 Å². The molecule has 146 valence electrons. The molecule has 1 aromatic rings. The average Bonchev–Trinajstić information content (AvgIpc) is 3.16. The number of benzene rings is 1. The van der Waals surface area contributed by atoms with Crippen LogP contribution < -0.4 is 14.8 Å². The van der Waals surface area contributed by atoms with Gasteiger partial charge < -0.3 is 24.8 Å². The Balaban J connectivity index is 1.57. The second-order valence-corrected chi connectivity index (χ2v) is 6.80. The lowest BCUT2D eigenvalue weighted by molar-refractivity contribution is -0.142. The first-order valence-corrected chi connectivity index (χ1v) is 9.19. The summed E-state index contributed by atoms with van der Waals surface area (Å²) in [5, 5.41) is 11.9. The molecule has 2 atom stereocenters. The fraction of sp³-hybridized carbons (Fsp3) is 0.526. The molecule has 27 heavy (non-hydrogen) atoms. The van der Waals surface area contributed by atoms with Crippen LogP contribution in [0.25, 0.3) is 0 Å². The molecule has 1 aromatic carbocycles. The number of carboxylic acids is 1. The minimum atomic E-state index is -0.857. The van der Waals surface area contributed by atoms with Crippen LogP contribution in [-0.2, 0) is 14.4 Å². The maximum Gasteiger partial charge on any atom is 0.306 e. The maximum atomic E-state index is 12.6. The zero-order valence-electron chi connectivity index (χ0n) is 15.3. The van der Waals surface area contributed by atoms with Gasteiger partial charge in [0.05, 0.1) is 12.5 Å². The monoisotopic (exact) mass is 376 g/mol. The first kappa shape index (κ1) is 19.0. The second-order valence-electron chi connectivity index (χ2n) is 6.80. The molecule has 0 unspecified atom stereocenters. The van der Waals surface area contributed by atoms with Crippen LogP contribution in [0.3, 0.4) is 0 Å². The number of aliphatic carboxylic acids is 1. The van der Waals surface area contributed by atoms with Crippen molar-refractivity contribution in [1.82, 2.24) is 4.90 Å². The third-order valence-corrected chi connectivity index (χ3v) is 4.98. The molecular weight excluding hydrogens is 352 g/mol. The highest BCUT2D eigenvalue weighted by molar-refractivity contribution is 5.95. The lowest BCUT2D eigenvalue weighted by Crippen LogP contribution is -2.40. The average molecular weight is 376 g/mol. The summed E-state index contributed by atoms with van der Waals surface area (Å²) in [6.07, 6.45) is 1.40. The Morgan fingerprint density at radius 1 is 1.15 bits per heavy atom. The number of likely N-dealkylation sites (N-methyl/N-ethyl adjacent to an activating group) is 1. The van der Waals surface area contributed by atoms with E-state index in [-0.39, 0.29) is 24.3 Å². The molecule has 8 nitrogen and oxygen atoms in total. The summed E-state index contributed by atoms with van der Waals surface area (Å²) in [5.41, 5.74) is 0.569. The summed E-state index contributed by atoms with van der Waals surface area (Å²) >= 11 is 0.